The highest BCUT2D eigenvalue weighted by Crippen LogP contribution is 2.27. The molecule has 0 saturated carbocycles. The van der Waals surface area contributed by atoms with E-state index in [1.165, 1.54) is 30.1 Å². The van der Waals surface area contributed by atoms with Gasteiger partial charge in [0.2, 0.25) is 5.88 Å². The van der Waals surface area contributed by atoms with Crippen molar-refractivity contribution in [2.24, 2.45) is 5.73 Å². The van der Waals surface area contributed by atoms with E-state index in [0.29, 0.717) is 5.75 Å². The molecule has 3 N–H and O–H groups in total. The van der Waals surface area contributed by atoms with Gasteiger partial charge in [0.15, 0.2) is 6.10 Å². The van der Waals surface area contributed by atoms with Crippen molar-refractivity contribution >= 4 is 17.7 Å². The molecule has 0 bridgehead atoms. The van der Waals surface area contributed by atoms with E-state index in [-0.39, 0.29) is 24.5 Å². The lowest BCUT2D eigenvalue weighted by Gasteiger charge is -2.21. The third-order valence-electron chi connectivity index (χ3n) is 2.68. The first-order valence-corrected chi connectivity index (χ1v) is 7.66. The minimum Gasteiger partial charge on any atom is -0.480 e. The zero-order chi connectivity index (χ0) is 16.6. The summed E-state index contributed by atoms with van der Waals surface area (Å²) in [5, 5.41) is 8.59. The molecule has 9 heteroatoms. The molecule has 0 aliphatic rings. The number of aromatic nitrogens is 1. The van der Waals surface area contributed by atoms with Gasteiger partial charge in [-0.15, -0.1) is 0 Å². The van der Waals surface area contributed by atoms with Gasteiger partial charge in [-0.05, 0) is 24.0 Å². The number of halogens is 3. The summed E-state index contributed by atoms with van der Waals surface area (Å²) in [5.74, 6) is -0.639. The van der Waals surface area contributed by atoms with Gasteiger partial charge < -0.3 is 15.6 Å². The molecule has 1 aromatic heterocycles. The van der Waals surface area contributed by atoms with Crippen molar-refractivity contribution < 1.29 is 27.8 Å². The number of nitrogens with zero attached hydrogens (tertiary/aromatic N) is 1. The van der Waals surface area contributed by atoms with Crippen LogP contribution in [0.2, 0.25) is 0 Å². The summed E-state index contributed by atoms with van der Waals surface area (Å²) in [5.41, 5.74) is 5.30. The maximum Gasteiger partial charge on any atom is 0.425 e. The summed E-state index contributed by atoms with van der Waals surface area (Å²) in [6.07, 6.45) is -5.12. The fraction of sp³-hybridized carbons (Fsp3) is 0.538. The first kappa shape index (κ1) is 18.6. The number of carboxylic acid groups (broad SMARTS) is 1. The number of alkyl halides is 3. The zero-order valence-corrected chi connectivity index (χ0v) is 12.4. The molecule has 2 atom stereocenters. The van der Waals surface area contributed by atoms with Gasteiger partial charge in [-0.25, -0.2) is 4.98 Å². The van der Waals surface area contributed by atoms with Crippen LogP contribution in [0.3, 0.4) is 0 Å². The molecule has 2 unspecified atom stereocenters. The largest absolute Gasteiger partial charge is 0.480 e. The Balaban J connectivity index is 2.38. The van der Waals surface area contributed by atoms with Gasteiger partial charge in [0.05, 0.1) is 0 Å². The summed E-state index contributed by atoms with van der Waals surface area (Å²) in [7, 11) is 0. The Labute approximate surface area is 130 Å². The number of pyridine rings is 1. The number of thioether (sulfide) groups is 1. The van der Waals surface area contributed by atoms with E-state index < -0.39 is 24.3 Å². The van der Waals surface area contributed by atoms with E-state index in [0.717, 1.165) is 0 Å². The second kappa shape index (κ2) is 8.84. The van der Waals surface area contributed by atoms with Gasteiger partial charge in [-0.1, -0.05) is 6.07 Å². The van der Waals surface area contributed by atoms with Crippen molar-refractivity contribution in [2.45, 2.75) is 31.2 Å². The highest BCUT2D eigenvalue weighted by molar-refractivity contribution is 7.99. The molecular formula is C13H17F3N2O3S. The Morgan fingerprint density at radius 3 is 2.59 bits per heavy atom. The SMILES string of the molecule is NC(CCSCCC(Oc1ccccn1)C(F)(F)F)C(=O)O. The van der Waals surface area contributed by atoms with Crippen molar-refractivity contribution in [3.63, 3.8) is 0 Å². The van der Waals surface area contributed by atoms with Crippen LogP contribution in [0.4, 0.5) is 13.2 Å². The smallest absolute Gasteiger partial charge is 0.425 e. The number of ether oxygens (including phenoxy) is 1. The number of carbonyl (C=O) groups is 1. The standard InChI is InChI=1S/C13H17F3N2O3S/c14-13(15,16)10(21-11-3-1-2-6-18-11)5-8-22-7-4-9(17)12(19)20/h1-3,6,9-10H,4-5,7-8,17H2,(H,19,20). The van der Waals surface area contributed by atoms with Crippen LogP contribution >= 0.6 is 11.8 Å². The lowest BCUT2D eigenvalue weighted by molar-refractivity contribution is -0.196. The molecule has 0 aliphatic carbocycles. The number of hydrogen-bond donors (Lipinski definition) is 2. The number of aliphatic carboxylic acids is 1. The van der Waals surface area contributed by atoms with Gasteiger partial charge in [-0.2, -0.15) is 24.9 Å². The van der Waals surface area contributed by atoms with Crippen LogP contribution in [-0.2, 0) is 4.79 Å². The monoisotopic (exact) mass is 338 g/mol. The first-order valence-electron chi connectivity index (χ1n) is 6.51. The van der Waals surface area contributed by atoms with E-state index in [4.69, 9.17) is 15.6 Å². The van der Waals surface area contributed by atoms with Crippen molar-refractivity contribution in [1.29, 1.82) is 0 Å². The second-order valence-corrected chi connectivity index (χ2v) is 5.68. The molecule has 5 nitrogen and oxygen atoms in total. The molecule has 124 valence electrons. The van der Waals surface area contributed by atoms with E-state index in [2.05, 4.69) is 4.98 Å². The quantitative estimate of drug-likeness (QED) is 0.672. The molecule has 1 heterocycles. The predicted octanol–water partition coefficient (Wildman–Crippen LogP) is 2.32. The van der Waals surface area contributed by atoms with Gasteiger partial charge in [0, 0.05) is 18.7 Å². The maximum atomic E-state index is 12.9. The summed E-state index contributed by atoms with van der Waals surface area (Å²) in [6, 6.07) is 3.49. The van der Waals surface area contributed by atoms with E-state index in [1.807, 2.05) is 0 Å². The molecule has 1 aromatic rings. The zero-order valence-electron chi connectivity index (χ0n) is 11.6. The Morgan fingerprint density at radius 1 is 1.36 bits per heavy atom. The lowest BCUT2D eigenvalue weighted by atomic mass is 10.2. The highest BCUT2D eigenvalue weighted by Gasteiger charge is 2.41. The van der Waals surface area contributed by atoms with Crippen molar-refractivity contribution in [2.75, 3.05) is 11.5 Å². The molecule has 1 rings (SSSR count). The molecule has 0 aliphatic heterocycles. The van der Waals surface area contributed by atoms with E-state index in [9.17, 15) is 18.0 Å². The Hall–Kier alpha value is -1.48. The van der Waals surface area contributed by atoms with Crippen LogP contribution in [0.25, 0.3) is 0 Å². The van der Waals surface area contributed by atoms with Gasteiger partial charge in [-0.3, -0.25) is 4.79 Å². The highest BCUT2D eigenvalue weighted by atomic mass is 32.2. The lowest BCUT2D eigenvalue weighted by Crippen LogP contribution is -2.35. The second-order valence-electron chi connectivity index (χ2n) is 4.45. The normalized spacial score (nSPS) is 14.4. The van der Waals surface area contributed by atoms with Gasteiger partial charge >= 0.3 is 12.1 Å². The Kier molecular flexibility index (Phi) is 7.46. The summed E-state index contributed by atoms with van der Waals surface area (Å²) < 4.78 is 43.5. The first-order chi connectivity index (χ1) is 10.3. The molecule has 0 saturated heterocycles. The molecule has 0 fully saturated rings. The van der Waals surface area contributed by atoms with Gasteiger partial charge in [0.1, 0.15) is 6.04 Å². The minimum atomic E-state index is -4.49. The molecule has 0 spiro atoms. The fourth-order valence-corrected chi connectivity index (χ4v) is 2.48. The molecular weight excluding hydrogens is 321 g/mol. The molecule has 0 amide bonds. The summed E-state index contributed by atoms with van der Waals surface area (Å²) >= 11 is 1.21. The van der Waals surface area contributed by atoms with Crippen molar-refractivity contribution in [1.82, 2.24) is 4.98 Å². The predicted molar refractivity (Wildman–Crippen MR) is 76.9 cm³/mol. The van der Waals surface area contributed by atoms with Crippen LogP contribution in [0.5, 0.6) is 5.88 Å². The third-order valence-corrected chi connectivity index (χ3v) is 3.73. The molecule has 0 aromatic carbocycles. The summed E-state index contributed by atoms with van der Waals surface area (Å²) in [4.78, 5) is 14.2. The van der Waals surface area contributed by atoms with E-state index in [1.54, 1.807) is 6.07 Å². The minimum absolute atomic E-state index is 0.0808. The van der Waals surface area contributed by atoms with Crippen LogP contribution < -0.4 is 10.5 Å². The number of hydrogen-bond acceptors (Lipinski definition) is 5. The molecule has 22 heavy (non-hydrogen) atoms. The van der Waals surface area contributed by atoms with Crippen LogP contribution in [0.15, 0.2) is 24.4 Å². The van der Waals surface area contributed by atoms with Crippen molar-refractivity contribution in [3.8, 4) is 5.88 Å². The topological polar surface area (TPSA) is 85.4 Å². The van der Waals surface area contributed by atoms with Crippen LogP contribution in [0, 0.1) is 0 Å². The van der Waals surface area contributed by atoms with Crippen molar-refractivity contribution in [3.05, 3.63) is 24.4 Å². The Morgan fingerprint density at radius 2 is 2.05 bits per heavy atom. The number of nitrogens with two attached hydrogens (primary N) is 1. The van der Waals surface area contributed by atoms with Crippen LogP contribution in [-0.4, -0.2) is 45.9 Å². The average Bonchev–Trinajstić information content (AvgIpc) is 2.45. The van der Waals surface area contributed by atoms with E-state index >= 15 is 0 Å². The number of rotatable bonds is 9. The fourth-order valence-electron chi connectivity index (χ4n) is 1.48. The van der Waals surface area contributed by atoms with Gasteiger partial charge in [0.25, 0.3) is 0 Å². The molecule has 0 radical (unpaired) electrons. The maximum absolute atomic E-state index is 12.9. The van der Waals surface area contributed by atoms with Crippen LogP contribution in [0.1, 0.15) is 12.8 Å². The average molecular weight is 338 g/mol. The third kappa shape index (κ3) is 6.99. The Bertz CT molecular complexity index is 460. The summed E-state index contributed by atoms with van der Waals surface area (Å²) in [6.45, 7) is 0. The number of carboxylic acids is 1.